The Bertz CT molecular complexity index is 595. The van der Waals surface area contributed by atoms with E-state index in [1.54, 1.807) is 24.3 Å². The maximum Gasteiger partial charge on any atom is 0.255 e. The third-order valence-electron chi connectivity index (χ3n) is 4.86. The Balaban J connectivity index is 1.71. The van der Waals surface area contributed by atoms with Gasteiger partial charge in [-0.3, -0.25) is 5.84 Å². The van der Waals surface area contributed by atoms with E-state index in [-0.39, 0.29) is 10.9 Å². The summed E-state index contributed by atoms with van der Waals surface area (Å²) in [6.45, 7) is 4.19. The van der Waals surface area contributed by atoms with Crippen molar-refractivity contribution in [3.63, 3.8) is 0 Å². The molecule has 110 valence electrons. The summed E-state index contributed by atoms with van der Waals surface area (Å²) in [4.78, 5) is 0.286. The van der Waals surface area contributed by atoms with Crippen LogP contribution in [0, 0.1) is 18.3 Å². The molecule has 0 heterocycles. The van der Waals surface area contributed by atoms with Crippen LogP contribution < -0.4 is 5.84 Å². The van der Waals surface area contributed by atoms with E-state index in [2.05, 4.69) is 6.92 Å². The molecule has 0 amide bonds. The van der Waals surface area contributed by atoms with Crippen molar-refractivity contribution in [2.75, 3.05) is 0 Å². The van der Waals surface area contributed by atoms with Crippen molar-refractivity contribution in [1.29, 1.82) is 0 Å². The number of nitrogens with two attached hydrogens (primary N) is 1. The third-order valence-corrected chi connectivity index (χ3v) is 6.58. The molecule has 5 heteroatoms. The minimum absolute atomic E-state index is 0.0335. The normalized spacial score (nSPS) is 33.0. The second kappa shape index (κ2) is 4.55. The SMILES string of the molecule is Cc1ccc(S(=O)(=O)N(N)C2CC3(CC(C)C3)C2)cc1. The topological polar surface area (TPSA) is 63.4 Å². The van der Waals surface area contributed by atoms with Gasteiger partial charge in [0.2, 0.25) is 0 Å². The first kappa shape index (κ1) is 14.0. The molecule has 3 rings (SSSR count). The Labute approximate surface area is 121 Å². The molecule has 1 aromatic carbocycles. The van der Waals surface area contributed by atoms with Crippen LogP contribution in [0.3, 0.4) is 0 Å². The third kappa shape index (κ3) is 2.18. The van der Waals surface area contributed by atoms with Crippen molar-refractivity contribution in [3.05, 3.63) is 29.8 Å². The first-order valence-electron chi connectivity index (χ1n) is 7.18. The highest BCUT2D eigenvalue weighted by atomic mass is 32.2. The molecule has 4 nitrogen and oxygen atoms in total. The monoisotopic (exact) mass is 294 g/mol. The summed E-state index contributed by atoms with van der Waals surface area (Å²) < 4.78 is 26.0. The number of aryl methyl sites for hydroxylation is 1. The molecular formula is C15H22N2O2S. The van der Waals surface area contributed by atoms with Gasteiger partial charge in [0.25, 0.3) is 10.0 Å². The van der Waals surface area contributed by atoms with Crippen molar-refractivity contribution in [2.24, 2.45) is 17.2 Å². The minimum Gasteiger partial charge on any atom is -0.254 e. The summed E-state index contributed by atoms with van der Waals surface area (Å²) >= 11 is 0. The molecule has 2 aliphatic carbocycles. The van der Waals surface area contributed by atoms with Gasteiger partial charge in [0.05, 0.1) is 4.90 Å². The molecule has 2 aliphatic rings. The van der Waals surface area contributed by atoms with E-state index in [0.717, 1.165) is 28.7 Å². The molecule has 0 bridgehead atoms. The Morgan fingerprint density at radius 1 is 1.15 bits per heavy atom. The van der Waals surface area contributed by atoms with Crippen LogP contribution in [0.15, 0.2) is 29.2 Å². The lowest BCUT2D eigenvalue weighted by Crippen LogP contribution is -2.59. The van der Waals surface area contributed by atoms with Crippen molar-refractivity contribution in [3.8, 4) is 0 Å². The maximum atomic E-state index is 12.5. The number of hydrazine groups is 1. The number of rotatable bonds is 3. The van der Waals surface area contributed by atoms with Gasteiger partial charge in [-0.1, -0.05) is 24.6 Å². The first-order valence-corrected chi connectivity index (χ1v) is 8.62. The quantitative estimate of drug-likeness (QED) is 0.688. The molecule has 0 atom stereocenters. The number of hydrogen-bond acceptors (Lipinski definition) is 3. The molecule has 0 saturated heterocycles. The highest BCUT2D eigenvalue weighted by molar-refractivity contribution is 7.89. The van der Waals surface area contributed by atoms with Gasteiger partial charge in [0, 0.05) is 6.04 Å². The van der Waals surface area contributed by atoms with Crippen LogP contribution in [-0.4, -0.2) is 18.9 Å². The minimum atomic E-state index is -3.55. The lowest BCUT2D eigenvalue weighted by Gasteiger charge is -2.58. The zero-order valence-corrected chi connectivity index (χ0v) is 12.9. The summed E-state index contributed by atoms with van der Waals surface area (Å²) in [5, 5.41) is 0. The van der Waals surface area contributed by atoms with Crippen LogP contribution in [0.25, 0.3) is 0 Å². The van der Waals surface area contributed by atoms with Crippen molar-refractivity contribution >= 4 is 10.0 Å². The number of sulfonamides is 1. The lowest BCUT2D eigenvalue weighted by molar-refractivity contribution is -0.0636. The highest BCUT2D eigenvalue weighted by Gasteiger charge is 2.54. The Morgan fingerprint density at radius 3 is 2.20 bits per heavy atom. The maximum absolute atomic E-state index is 12.5. The van der Waals surface area contributed by atoms with E-state index in [1.165, 1.54) is 12.8 Å². The molecule has 2 saturated carbocycles. The predicted molar refractivity (Wildman–Crippen MR) is 78.2 cm³/mol. The van der Waals surface area contributed by atoms with Crippen LogP contribution in [0.1, 0.15) is 38.2 Å². The Morgan fingerprint density at radius 2 is 1.70 bits per heavy atom. The second-order valence-corrected chi connectivity index (χ2v) is 8.57. The average molecular weight is 294 g/mol. The van der Waals surface area contributed by atoms with Crippen LogP contribution >= 0.6 is 0 Å². The summed E-state index contributed by atoms with van der Waals surface area (Å²) in [7, 11) is -3.55. The lowest BCUT2D eigenvalue weighted by atomic mass is 9.50. The smallest absolute Gasteiger partial charge is 0.254 e. The predicted octanol–water partition coefficient (Wildman–Crippen LogP) is 2.44. The van der Waals surface area contributed by atoms with Crippen molar-refractivity contribution < 1.29 is 8.42 Å². The van der Waals surface area contributed by atoms with Crippen LogP contribution in [0.4, 0.5) is 0 Å². The molecule has 0 aromatic heterocycles. The van der Waals surface area contributed by atoms with Gasteiger partial charge >= 0.3 is 0 Å². The Hall–Kier alpha value is -0.910. The summed E-state index contributed by atoms with van der Waals surface area (Å²) in [5.74, 6) is 6.69. The van der Waals surface area contributed by atoms with Gasteiger partial charge in [0.1, 0.15) is 0 Å². The fourth-order valence-electron chi connectivity index (χ4n) is 3.90. The zero-order valence-electron chi connectivity index (χ0n) is 12.0. The van der Waals surface area contributed by atoms with E-state index in [1.807, 2.05) is 6.92 Å². The van der Waals surface area contributed by atoms with Crippen LogP contribution in [0.5, 0.6) is 0 Å². The van der Waals surface area contributed by atoms with E-state index in [4.69, 9.17) is 5.84 Å². The molecule has 0 radical (unpaired) electrons. The summed E-state index contributed by atoms with van der Waals surface area (Å²) in [6.07, 6.45) is 4.28. The molecule has 1 spiro atoms. The van der Waals surface area contributed by atoms with Gasteiger partial charge in [-0.2, -0.15) is 0 Å². The largest absolute Gasteiger partial charge is 0.255 e. The van der Waals surface area contributed by atoms with Gasteiger partial charge in [-0.05, 0) is 56.1 Å². The molecule has 20 heavy (non-hydrogen) atoms. The van der Waals surface area contributed by atoms with Crippen molar-refractivity contribution in [1.82, 2.24) is 4.41 Å². The van der Waals surface area contributed by atoms with Crippen molar-refractivity contribution in [2.45, 2.75) is 50.5 Å². The fraction of sp³-hybridized carbons (Fsp3) is 0.600. The van der Waals surface area contributed by atoms with E-state index in [0.29, 0.717) is 5.41 Å². The Kier molecular flexibility index (Phi) is 3.19. The van der Waals surface area contributed by atoms with Gasteiger partial charge in [-0.15, -0.1) is 4.41 Å². The molecule has 1 aromatic rings. The van der Waals surface area contributed by atoms with Gasteiger partial charge < -0.3 is 0 Å². The number of hydrogen-bond donors (Lipinski definition) is 1. The standard InChI is InChI=1S/C15H22N2O2S/c1-11-3-5-14(6-4-11)20(18,19)17(16)13-9-15(10-13)7-12(2)8-15/h3-6,12-13H,7-10,16H2,1-2H3. The zero-order chi connectivity index (χ0) is 14.5. The molecule has 2 N–H and O–H groups in total. The van der Waals surface area contributed by atoms with E-state index in [9.17, 15) is 8.42 Å². The average Bonchev–Trinajstić information content (AvgIpc) is 2.31. The van der Waals surface area contributed by atoms with Crippen LogP contribution in [-0.2, 0) is 10.0 Å². The summed E-state index contributed by atoms with van der Waals surface area (Å²) in [5.41, 5.74) is 1.43. The van der Waals surface area contributed by atoms with E-state index < -0.39 is 10.0 Å². The first-order chi connectivity index (χ1) is 9.32. The van der Waals surface area contributed by atoms with Crippen LogP contribution in [0.2, 0.25) is 0 Å². The molecule has 2 fully saturated rings. The fourth-order valence-corrected chi connectivity index (χ4v) is 5.17. The van der Waals surface area contributed by atoms with E-state index >= 15 is 0 Å². The molecular weight excluding hydrogens is 272 g/mol. The van der Waals surface area contributed by atoms with Gasteiger partial charge in [-0.25, -0.2) is 8.42 Å². The highest BCUT2D eigenvalue weighted by Crippen LogP contribution is 2.59. The summed E-state index contributed by atoms with van der Waals surface area (Å²) in [6, 6.07) is 6.83. The van der Waals surface area contributed by atoms with Gasteiger partial charge in [0.15, 0.2) is 0 Å². The number of nitrogens with zero attached hydrogens (tertiary/aromatic N) is 1. The molecule has 0 aliphatic heterocycles. The molecule has 0 unspecified atom stereocenters. The second-order valence-electron chi connectivity index (χ2n) is 6.72. The number of benzene rings is 1.